The first-order chi connectivity index (χ1) is 10.7. The van der Waals surface area contributed by atoms with Crippen molar-refractivity contribution in [3.63, 3.8) is 0 Å². The van der Waals surface area contributed by atoms with Gasteiger partial charge in [-0.3, -0.25) is 0 Å². The standard InChI is InChI=1S/C16H22ClN3OS/c17-14-2-1-3-15(10-14)20-5-4-13(12-20)11-18-16(21)19-6-8-22-9-7-19/h1-3,10,13H,4-9,11-12H2,(H,18,21)/t13-/m0/s1. The van der Waals surface area contributed by atoms with Crippen LogP contribution in [0.4, 0.5) is 10.5 Å². The van der Waals surface area contributed by atoms with Gasteiger partial charge in [-0.05, 0) is 30.5 Å². The molecule has 0 unspecified atom stereocenters. The van der Waals surface area contributed by atoms with Gasteiger partial charge in [0.25, 0.3) is 0 Å². The van der Waals surface area contributed by atoms with Crippen LogP contribution >= 0.6 is 23.4 Å². The molecule has 0 radical (unpaired) electrons. The zero-order valence-corrected chi connectivity index (χ0v) is 14.2. The summed E-state index contributed by atoms with van der Waals surface area (Å²) >= 11 is 7.98. The van der Waals surface area contributed by atoms with Crippen molar-refractivity contribution in [1.29, 1.82) is 0 Å². The maximum Gasteiger partial charge on any atom is 0.317 e. The SMILES string of the molecule is O=C(NC[C@@H]1CCN(c2cccc(Cl)c2)C1)N1CCSCC1. The zero-order chi connectivity index (χ0) is 15.4. The number of carbonyl (C=O) groups excluding carboxylic acids is 1. The second kappa shape index (κ2) is 7.47. The highest BCUT2D eigenvalue weighted by atomic mass is 35.5. The van der Waals surface area contributed by atoms with E-state index in [9.17, 15) is 4.79 Å². The van der Waals surface area contributed by atoms with Crippen LogP contribution in [0.2, 0.25) is 5.02 Å². The van der Waals surface area contributed by atoms with E-state index in [0.29, 0.717) is 5.92 Å². The minimum atomic E-state index is 0.0986. The van der Waals surface area contributed by atoms with Gasteiger partial charge < -0.3 is 15.1 Å². The lowest BCUT2D eigenvalue weighted by Gasteiger charge is -2.27. The number of halogens is 1. The second-order valence-electron chi connectivity index (χ2n) is 5.87. The first-order valence-corrected chi connectivity index (χ1v) is 9.36. The summed E-state index contributed by atoms with van der Waals surface area (Å²) in [5, 5.41) is 3.88. The molecule has 0 aliphatic carbocycles. The summed E-state index contributed by atoms with van der Waals surface area (Å²) < 4.78 is 0. The van der Waals surface area contributed by atoms with Crippen molar-refractivity contribution in [2.24, 2.45) is 5.92 Å². The fourth-order valence-corrected chi connectivity index (χ4v) is 4.10. The van der Waals surface area contributed by atoms with Crippen LogP contribution in [0.25, 0.3) is 0 Å². The van der Waals surface area contributed by atoms with Crippen molar-refractivity contribution in [3.8, 4) is 0 Å². The third-order valence-corrected chi connectivity index (χ3v) is 5.48. The van der Waals surface area contributed by atoms with E-state index in [4.69, 9.17) is 11.6 Å². The minimum Gasteiger partial charge on any atom is -0.371 e. The van der Waals surface area contributed by atoms with Crippen molar-refractivity contribution >= 4 is 35.1 Å². The van der Waals surface area contributed by atoms with Gasteiger partial charge in [0.2, 0.25) is 0 Å². The Labute approximate surface area is 141 Å². The number of rotatable bonds is 3. The van der Waals surface area contributed by atoms with E-state index in [1.165, 1.54) is 5.69 Å². The fourth-order valence-electron chi connectivity index (χ4n) is 3.02. The summed E-state index contributed by atoms with van der Waals surface area (Å²) in [5.74, 6) is 2.63. The van der Waals surface area contributed by atoms with Crippen LogP contribution in [0.5, 0.6) is 0 Å². The molecule has 1 N–H and O–H groups in total. The lowest BCUT2D eigenvalue weighted by atomic mass is 10.1. The van der Waals surface area contributed by atoms with Gasteiger partial charge in [-0.1, -0.05) is 17.7 Å². The van der Waals surface area contributed by atoms with Gasteiger partial charge in [0.15, 0.2) is 0 Å². The highest BCUT2D eigenvalue weighted by Crippen LogP contribution is 2.25. The molecule has 2 fully saturated rings. The molecule has 0 saturated carbocycles. The van der Waals surface area contributed by atoms with Crippen LogP contribution in [-0.2, 0) is 0 Å². The summed E-state index contributed by atoms with van der Waals surface area (Å²) in [5.41, 5.74) is 1.18. The Morgan fingerprint density at radius 3 is 2.91 bits per heavy atom. The second-order valence-corrected chi connectivity index (χ2v) is 7.53. The van der Waals surface area contributed by atoms with Gasteiger partial charge in [-0.2, -0.15) is 11.8 Å². The molecule has 2 aliphatic rings. The molecule has 0 aromatic heterocycles. The Morgan fingerprint density at radius 2 is 2.14 bits per heavy atom. The monoisotopic (exact) mass is 339 g/mol. The number of hydrogen-bond acceptors (Lipinski definition) is 3. The number of hydrogen-bond donors (Lipinski definition) is 1. The Balaban J connectivity index is 1.46. The largest absolute Gasteiger partial charge is 0.371 e. The average molecular weight is 340 g/mol. The van der Waals surface area contributed by atoms with Crippen molar-refractivity contribution in [2.45, 2.75) is 6.42 Å². The van der Waals surface area contributed by atoms with Crippen molar-refractivity contribution in [3.05, 3.63) is 29.3 Å². The molecule has 6 heteroatoms. The number of anilines is 1. The number of thioether (sulfide) groups is 1. The number of benzene rings is 1. The predicted octanol–water partition coefficient (Wildman–Crippen LogP) is 2.92. The van der Waals surface area contributed by atoms with Gasteiger partial charge in [0.1, 0.15) is 0 Å². The van der Waals surface area contributed by atoms with Gasteiger partial charge >= 0.3 is 6.03 Å². The van der Waals surface area contributed by atoms with E-state index in [1.54, 1.807) is 0 Å². The van der Waals surface area contributed by atoms with Gasteiger partial charge in [0, 0.05) is 54.9 Å². The van der Waals surface area contributed by atoms with Crippen molar-refractivity contribution in [2.75, 3.05) is 49.1 Å². The molecule has 2 amide bonds. The summed E-state index contributed by atoms with van der Waals surface area (Å²) in [6.45, 7) is 4.52. The maximum absolute atomic E-state index is 12.1. The molecule has 1 aromatic carbocycles. The van der Waals surface area contributed by atoms with Crippen molar-refractivity contribution in [1.82, 2.24) is 10.2 Å². The maximum atomic E-state index is 12.1. The van der Waals surface area contributed by atoms with Crippen LogP contribution in [0.15, 0.2) is 24.3 Å². The minimum absolute atomic E-state index is 0.0986. The number of urea groups is 1. The summed E-state index contributed by atoms with van der Waals surface area (Å²) in [4.78, 5) is 16.4. The molecular weight excluding hydrogens is 318 g/mol. The Bertz CT molecular complexity index is 522. The van der Waals surface area contributed by atoms with Crippen LogP contribution in [-0.4, -0.2) is 55.2 Å². The number of amides is 2. The molecule has 1 aromatic rings. The first-order valence-electron chi connectivity index (χ1n) is 7.83. The molecule has 1 atom stereocenters. The van der Waals surface area contributed by atoms with Gasteiger partial charge in [-0.15, -0.1) is 0 Å². The highest BCUT2D eigenvalue weighted by molar-refractivity contribution is 7.99. The number of carbonyl (C=O) groups is 1. The molecule has 0 spiro atoms. The van der Waals surface area contributed by atoms with Crippen LogP contribution in [0.3, 0.4) is 0 Å². The molecule has 0 bridgehead atoms. The third kappa shape index (κ3) is 4.02. The van der Waals surface area contributed by atoms with Gasteiger partial charge in [0.05, 0.1) is 0 Å². The number of nitrogens with one attached hydrogen (secondary N) is 1. The molecule has 4 nitrogen and oxygen atoms in total. The normalized spacial score (nSPS) is 22.0. The fraction of sp³-hybridized carbons (Fsp3) is 0.562. The molecule has 22 heavy (non-hydrogen) atoms. The summed E-state index contributed by atoms with van der Waals surface area (Å²) in [7, 11) is 0. The van der Waals surface area contributed by atoms with Crippen LogP contribution in [0.1, 0.15) is 6.42 Å². The van der Waals surface area contributed by atoms with E-state index >= 15 is 0 Å². The molecule has 2 saturated heterocycles. The molecule has 120 valence electrons. The Hall–Kier alpha value is -1.07. The Morgan fingerprint density at radius 1 is 1.32 bits per heavy atom. The average Bonchev–Trinajstić information content (AvgIpc) is 3.02. The lowest BCUT2D eigenvalue weighted by Crippen LogP contribution is -2.45. The quantitative estimate of drug-likeness (QED) is 0.919. The molecular formula is C16H22ClN3OS. The molecule has 2 aliphatic heterocycles. The predicted molar refractivity (Wildman–Crippen MR) is 94.1 cm³/mol. The van der Waals surface area contributed by atoms with Crippen LogP contribution in [0, 0.1) is 5.92 Å². The number of nitrogens with zero attached hydrogens (tertiary/aromatic N) is 2. The summed E-state index contributed by atoms with van der Waals surface area (Å²) in [6, 6.07) is 8.09. The van der Waals surface area contributed by atoms with Crippen molar-refractivity contribution < 1.29 is 4.79 Å². The van der Waals surface area contributed by atoms with E-state index in [0.717, 1.165) is 55.7 Å². The van der Waals surface area contributed by atoms with E-state index in [2.05, 4.69) is 16.3 Å². The Kier molecular flexibility index (Phi) is 5.37. The third-order valence-electron chi connectivity index (χ3n) is 4.30. The van der Waals surface area contributed by atoms with Crippen LogP contribution < -0.4 is 10.2 Å². The molecule has 2 heterocycles. The van der Waals surface area contributed by atoms with E-state index in [-0.39, 0.29) is 6.03 Å². The smallest absolute Gasteiger partial charge is 0.317 e. The van der Waals surface area contributed by atoms with E-state index in [1.807, 2.05) is 34.9 Å². The molecule has 3 rings (SSSR count). The zero-order valence-electron chi connectivity index (χ0n) is 12.6. The topological polar surface area (TPSA) is 35.6 Å². The first kappa shape index (κ1) is 15.8. The van der Waals surface area contributed by atoms with Gasteiger partial charge in [-0.25, -0.2) is 4.79 Å². The lowest BCUT2D eigenvalue weighted by molar-refractivity contribution is 0.201. The highest BCUT2D eigenvalue weighted by Gasteiger charge is 2.24. The van der Waals surface area contributed by atoms with E-state index < -0.39 is 0 Å². The summed E-state index contributed by atoms with van der Waals surface area (Å²) in [6.07, 6.45) is 1.11.